The van der Waals surface area contributed by atoms with Crippen LogP contribution in [0.1, 0.15) is 11.3 Å². The van der Waals surface area contributed by atoms with E-state index in [1.54, 1.807) is 12.1 Å². The lowest BCUT2D eigenvalue weighted by Gasteiger charge is -2.09. The Balaban J connectivity index is 2.11. The summed E-state index contributed by atoms with van der Waals surface area (Å²) >= 11 is 5.86. The zero-order chi connectivity index (χ0) is 15.0. The van der Waals surface area contributed by atoms with E-state index >= 15 is 0 Å². The predicted molar refractivity (Wildman–Crippen MR) is 83.9 cm³/mol. The van der Waals surface area contributed by atoms with Crippen LogP contribution in [0.2, 0.25) is 5.02 Å². The van der Waals surface area contributed by atoms with Gasteiger partial charge in [-0.05, 0) is 36.6 Å². The van der Waals surface area contributed by atoms with Gasteiger partial charge in [0.15, 0.2) is 0 Å². The molecular weight excluding hydrogens is 288 g/mol. The van der Waals surface area contributed by atoms with Crippen LogP contribution < -0.4 is 0 Å². The van der Waals surface area contributed by atoms with E-state index in [0.29, 0.717) is 17.1 Å². The molecule has 3 rings (SSSR count). The molecule has 1 aromatic heterocycles. The zero-order valence-corrected chi connectivity index (χ0v) is 12.2. The van der Waals surface area contributed by atoms with E-state index in [4.69, 9.17) is 11.6 Å². The molecule has 0 fully saturated rings. The van der Waals surface area contributed by atoms with Gasteiger partial charge in [0.25, 0.3) is 5.69 Å². The molecule has 0 spiro atoms. The number of aryl methyl sites for hydroxylation is 1. The summed E-state index contributed by atoms with van der Waals surface area (Å²) in [6, 6.07) is 14.9. The molecule has 0 atom stereocenters. The summed E-state index contributed by atoms with van der Waals surface area (Å²) in [6.45, 7) is 2.45. The van der Waals surface area contributed by atoms with E-state index in [-0.39, 0.29) is 10.6 Å². The quantitative estimate of drug-likeness (QED) is 0.526. The summed E-state index contributed by atoms with van der Waals surface area (Å²) < 4.78 is 2.07. The van der Waals surface area contributed by atoms with Crippen LogP contribution in [0.15, 0.2) is 48.5 Å². The van der Waals surface area contributed by atoms with Gasteiger partial charge in [0.05, 0.1) is 11.5 Å². The molecular formula is C16H13ClN2O2. The molecule has 0 amide bonds. The normalized spacial score (nSPS) is 11.0. The highest BCUT2D eigenvalue weighted by molar-refractivity contribution is 6.30. The summed E-state index contributed by atoms with van der Waals surface area (Å²) in [7, 11) is 0. The third-order valence-corrected chi connectivity index (χ3v) is 3.83. The molecule has 21 heavy (non-hydrogen) atoms. The Hall–Kier alpha value is -2.33. The van der Waals surface area contributed by atoms with Crippen LogP contribution in [0.25, 0.3) is 10.9 Å². The summed E-state index contributed by atoms with van der Waals surface area (Å²) in [6.07, 6.45) is 0. The number of rotatable bonds is 3. The third kappa shape index (κ3) is 2.50. The molecule has 1 heterocycles. The Morgan fingerprint density at radius 2 is 1.95 bits per heavy atom. The summed E-state index contributed by atoms with van der Waals surface area (Å²) in [5.74, 6) is 0. The molecule has 0 saturated carbocycles. The maximum absolute atomic E-state index is 11.2. The Morgan fingerprint density at radius 1 is 1.19 bits per heavy atom. The number of fused-ring (bicyclic) bond motifs is 1. The fourth-order valence-electron chi connectivity index (χ4n) is 2.57. The number of halogens is 1. The van der Waals surface area contributed by atoms with Gasteiger partial charge in [-0.25, -0.2) is 0 Å². The Kier molecular flexibility index (Phi) is 3.39. The van der Waals surface area contributed by atoms with Crippen LogP contribution in [-0.4, -0.2) is 9.49 Å². The van der Waals surface area contributed by atoms with Crippen molar-refractivity contribution in [2.45, 2.75) is 13.5 Å². The Bertz CT molecular complexity index is 839. The summed E-state index contributed by atoms with van der Waals surface area (Å²) in [5.41, 5.74) is 2.84. The highest BCUT2D eigenvalue weighted by Gasteiger charge is 2.16. The zero-order valence-electron chi connectivity index (χ0n) is 11.4. The van der Waals surface area contributed by atoms with Crippen molar-refractivity contribution >= 4 is 28.2 Å². The van der Waals surface area contributed by atoms with Crippen molar-refractivity contribution in [3.05, 3.63) is 74.9 Å². The Labute approximate surface area is 126 Å². The minimum Gasteiger partial charge on any atom is -0.340 e. The van der Waals surface area contributed by atoms with Crippen LogP contribution in [0.4, 0.5) is 5.69 Å². The first-order valence-electron chi connectivity index (χ1n) is 6.54. The van der Waals surface area contributed by atoms with Crippen LogP contribution in [0.5, 0.6) is 0 Å². The van der Waals surface area contributed by atoms with Crippen LogP contribution >= 0.6 is 11.6 Å². The second-order valence-corrected chi connectivity index (χ2v) is 5.40. The summed E-state index contributed by atoms with van der Waals surface area (Å²) in [5, 5.41) is 12.7. The second kappa shape index (κ2) is 5.22. The van der Waals surface area contributed by atoms with Gasteiger partial charge in [0.2, 0.25) is 0 Å². The van der Waals surface area contributed by atoms with Crippen molar-refractivity contribution in [1.29, 1.82) is 0 Å². The SMILES string of the molecule is Cc1cc2ccccc2n1Cc1ccc(Cl)cc1[N+](=O)[O-]. The molecule has 4 nitrogen and oxygen atoms in total. The molecule has 2 aromatic carbocycles. The van der Waals surface area contributed by atoms with Crippen molar-refractivity contribution in [1.82, 2.24) is 4.57 Å². The molecule has 0 unspecified atom stereocenters. The molecule has 0 aliphatic rings. The molecule has 5 heteroatoms. The first kappa shape index (κ1) is 13.6. The lowest BCUT2D eigenvalue weighted by Crippen LogP contribution is -2.04. The van der Waals surface area contributed by atoms with Crippen LogP contribution in [0, 0.1) is 17.0 Å². The van der Waals surface area contributed by atoms with Gasteiger partial charge >= 0.3 is 0 Å². The van der Waals surface area contributed by atoms with Gasteiger partial charge in [-0.1, -0.05) is 29.8 Å². The smallest absolute Gasteiger partial charge is 0.275 e. The number of nitro benzene ring substituents is 1. The first-order valence-corrected chi connectivity index (χ1v) is 6.92. The van der Waals surface area contributed by atoms with Crippen molar-refractivity contribution in [3.8, 4) is 0 Å². The van der Waals surface area contributed by atoms with Gasteiger partial charge in [-0.2, -0.15) is 0 Å². The average Bonchev–Trinajstić information content (AvgIpc) is 2.77. The first-order chi connectivity index (χ1) is 10.1. The molecule has 0 N–H and O–H groups in total. The van der Waals surface area contributed by atoms with Gasteiger partial charge in [-0.3, -0.25) is 10.1 Å². The topological polar surface area (TPSA) is 48.1 Å². The monoisotopic (exact) mass is 300 g/mol. The molecule has 0 saturated heterocycles. The fraction of sp³-hybridized carbons (Fsp3) is 0.125. The van der Waals surface area contributed by atoms with Gasteiger partial charge < -0.3 is 4.57 Å². The van der Waals surface area contributed by atoms with Crippen molar-refractivity contribution in [3.63, 3.8) is 0 Å². The average molecular weight is 301 g/mol. The summed E-state index contributed by atoms with van der Waals surface area (Å²) in [4.78, 5) is 10.8. The van der Waals surface area contributed by atoms with E-state index in [1.807, 2.05) is 31.2 Å². The highest BCUT2D eigenvalue weighted by atomic mass is 35.5. The number of para-hydroxylation sites is 1. The molecule has 0 aliphatic carbocycles. The Morgan fingerprint density at radius 3 is 2.71 bits per heavy atom. The number of benzene rings is 2. The lowest BCUT2D eigenvalue weighted by atomic mass is 10.1. The minimum atomic E-state index is -0.387. The number of hydrogen-bond donors (Lipinski definition) is 0. The van der Waals surface area contributed by atoms with E-state index < -0.39 is 0 Å². The molecule has 0 bridgehead atoms. The van der Waals surface area contributed by atoms with Crippen molar-refractivity contribution in [2.75, 3.05) is 0 Å². The van der Waals surface area contributed by atoms with E-state index in [1.165, 1.54) is 6.07 Å². The fourth-order valence-corrected chi connectivity index (χ4v) is 2.74. The molecule has 106 valence electrons. The van der Waals surface area contributed by atoms with Gasteiger partial charge in [0.1, 0.15) is 0 Å². The van der Waals surface area contributed by atoms with Crippen LogP contribution in [0.3, 0.4) is 0 Å². The van der Waals surface area contributed by atoms with Gasteiger partial charge in [-0.15, -0.1) is 0 Å². The van der Waals surface area contributed by atoms with Gasteiger partial charge in [0, 0.05) is 27.9 Å². The maximum atomic E-state index is 11.2. The molecule has 0 radical (unpaired) electrons. The van der Waals surface area contributed by atoms with Crippen molar-refractivity contribution < 1.29 is 4.92 Å². The van der Waals surface area contributed by atoms with Crippen molar-refractivity contribution in [2.24, 2.45) is 0 Å². The van der Waals surface area contributed by atoms with E-state index in [2.05, 4.69) is 10.6 Å². The predicted octanol–water partition coefficient (Wildman–Crippen LogP) is 4.56. The minimum absolute atomic E-state index is 0.0553. The third-order valence-electron chi connectivity index (χ3n) is 3.59. The number of nitro groups is 1. The number of nitrogens with zero attached hydrogens (tertiary/aromatic N) is 2. The standard InChI is InChI=1S/C16H13ClN2O2/c1-11-8-12-4-2-3-5-15(12)18(11)10-13-6-7-14(17)9-16(13)19(20)21/h2-9H,10H2,1H3. The second-order valence-electron chi connectivity index (χ2n) is 4.96. The maximum Gasteiger partial charge on any atom is 0.275 e. The number of aromatic nitrogens is 1. The van der Waals surface area contributed by atoms with Crippen LogP contribution in [-0.2, 0) is 6.54 Å². The highest BCUT2D eigenvalue weighted by Crippen LogP contribution is 2.27. The number of hydrogen-bond acceptors (Lipinski definition) is 2. The van der Waals surface area contributed by atoms with E-state index in [9.17, 15) is 10.1 Å². The molecule has 0 aliphatic heterocycles. The van der Waals surface area contributed by atoms with E-state index in [0.717, 1.165) is 16.6 Å². The molecule has 3 aromatic rings. The largest absolute Gasteiger partial charge is 0.340 e. The lowest BCUT2D eigenvalue weighted by molar-refractivity contribution is -0.385.